The summed E-state index contributed by atoms with van der Waals surface area (Å²) in [6.07, 6.45) is -0.610. The first-order valence-electron chi connectivity index (χ1n) is 7.53. The van der Waals surface area contributed by atoms with Crippen LogP contribution in [0.5, 0.6) is 0 Å². The van der Waals surface area contributed by atoms with Gasteiger partial charge in [-0.15, -0.1) is 17.1 Å². The Labute approximate surface area is 146 Å². The zero-order valence-corrected chi connectivity index (χ0v) is 15.6. The van der Waals surface area contributed by atoms with Gasteiger partial charge in [0.1, 0.15) is 25.6 Å². The lowest BCUT2D eigenvalue weighted by Gasteiger charge is -2.27. The summed E-state index contributed by atoms with van der Waals surface area (Å²) in [7, 11) is -1.72. The lowest BCUT2D eigenvalue weighted by atomic mass is 9.92. The number of hydrogen-bond donors (Lipinski definition) is 3. The predicted molar refractivity (Wildman–Crippen MR) is 94.2 cm³/mol. The molecule has 4 atom stereocenters. The second-order valence-electron chi connectivity index (χ2n) is 6.90. The molecule has 1 aromatic heterocycles. The molecule has 1 aromatic rings. The zero-order chi connectivity index (χ0) is 18.1. The summed E-state index contributed by atoms with van der Waals surface area (Å²) in [5.41, 5.74) is 6.69. The maximum Gasteiger partial charge on any atom is 0.351 e. The number of anilines is 1. The molecular weight excluding hydrogens is 350 g/mol. The normalized spacial score (nSPS) is 30.0. The molecule has 0 aromatic carbocycles. The van der Waals surface area contributed by atoms with E-state index in [-0.39, 0.29) is 11.7 Å². The van der Waals surface area contributed by atoms with Gasteiger partial charge in [0, 0.05) is 6.20 Å². The average molecular weight is 372 g/mol. The molecule has 0 radical (unpaired) electrons. The van der Waals surface area contributed by atoms with Crippen molar-refractivity contribution in [2.45, 2.75) is 37.6 Å². The van der Waals surface area contributed by atoms with Gasteiger partial charge in [-0.25, -0.2) is 4.79 Å². The third-order valence-electron chi connectivity index (χ3n) is 3.78. The molecule has 2 heterocycles. The average Bonchev–Trinajstić information content (AvgIpc) is 2.77. The number of ether oxygens (including phenoxy) is 1. The van der Waals surface area contributed by atoms with E-state index in [2.05, 4.69) is 36.1 Å². The third kappa shape index (κ3) is 3.65. The molecule has 7 nitrogen and oxygen atoms in total. The van der Waals surface area contributed by atoms with Gasteiger partial charge in [-0.2, -0.15) is 4.98 Å². The first-order valence-corrected chi connectivity index (χ1v) is 11.6. The Bertz CT molecular complexity index is 718. The van der Waals surface area contributed by atoms with E-state index in [0.29, 0.717) is 0 Å². The Balaban J connectivity index is 2.52. The van der Waals surface area contributed by atoms with Gasteiger partial charge in [0.2, 0.25) is 0 Å². The van der Waals surface area contributed by atoms with Crippen molar-refractivity contribution in [2.75, 3.05) is 18.2 Å². The van der Waals surface area contributed by atoms with Crippen molar-refractivity contribution in [2.24, 2.45) is 5.92 Å². The van der Waals surface area contributed by atoms with Gasteiger partial charge in [0.15, 0.2) is 6.23 Å². The lowest BCUT2D eigenvalue weighted by Crippen LogP contribution is -2.46. The maximum atomic E-state index is 12.1. The van der Waals surface area contributed by atoms with E-state index in [0.717, 1.165) is 0 Å². The van der Waals surface area contributed by atoms with Crippen molar-refractivity contribution in [1.29, 1.82) is 0 Å². The van der Waals surface area contributed by atoms with Crippen LogP contribution in [-0.2, 0) is 4.74 Å². The number of halogens is 1. The van der Waals surface area contributed by atoms with Crippen LogP contribution < -0.4 is 11.4 Å². The number of aliphatic hydroxyl groups is 2. The maximum absolute atomic E-state index is 12.1. The SMILES string of the molecule is C[Si](C)(C)C#C[C@@H]1[C@H](n2ccc(N)nc2=O)O[C@@](CO)(CCl)[C@H]1O. The minimum absolute atomic E-state index is 0.0882. The van der Waals surface area contributed by atoms with Crippen molar-refractivity contribution in [3.63, 3.8) is 0 Å². The smallest absolute Gasteiger partial charge is 0.351 e. The molecule has 2 rings (SSSR count). The van der Waals surface area contributed by atoms with Gasteiger partial charge in [0.25, 0.3) is 0 Å². The Hall–Kier alpha value is -1.37. The zero-order valence-electron chi connectivity index (χ0n) is 13.9. The Morgan fingerprint density at radius 3 is 2.71 bits per heavy atom. The molecule has 0 saturated carbocycles. The molecule has 1 saturated heterocycles. The summed E-state index contributed by atoms with van der Waals surface area (Å²) < 4.78 is 7.02. The number of nitrogens with zero attached hydrogens (tertiary/aromatic N) is 2. The number of rotatable bonds is 3. The first-order chi connectivity index (χ1) is 11.1. The fourth-order valence-corrected chi connectivity index (χ4v) is 3.35. The summed E-state index contributed by atoms with van der Waals surface area (Å²) in [6, 6.07) is 1.46. The Kier molecular flexibility index (Phi) is 5.42. The van der Waals surface area contributed by atoms with Crippen molar-refractivity contribution < 1.29 is 14.9 Å². The molecule has 0 unspecified atom stereocenters. The number of alkyl halides is 1. The molecule has 0 aliphatic carbocycles. The van der Waals surface area contributed by atoms with Crippen LogP contribution in [0.2, 0.25) is 19.6 Å². The van der Waals surface area contributed by atoms with E-state index in [1.54, 1.807) is 0 Å². The topological polar surface area (TPSA) is 111 Å². The van der Waals surface area contributed by atoms with Crippen molar-refractivity contribution in [3.8, 4) is 11.5 Å². The van der Waals surface area contributed by atoms with Crippen LogP contribution in [0.15, 0.2) is 17.1 Å². The van der Waals surface area contributed by atoms with Crippen molar-refractivity contribution >= 4 is 25.5 Å². The second kappa shape index (κ2) is 6.86. The van der Waals surface area contributed by atoms with Gasteiger partial charge in [-0.05, 0) is 6.07 Å². The van der Waals surface area contributed by atoms with Crippen LogP contribution in [-0.4, -0.2) is 52.0 Å². The van der Waals surface area contributed by atoms with Crippen LogP contribution in [0.4, 0.5) is 5.82 Å². The van der Waals surface area contributed by atoms with E-state index in [4.69, 9.17) is 22.1 Å². The molecule has 0 spiro atoms. The third-order valence-corrected chi connectivity index (χ3v) is 5.12. The van der Waals surface area contributed by atoms with E-state index in [1.165, 1.54) is 16.8 Å². The Morgan fingerprint density at radius 1 is 1.54 bits per heavy atom. The van der Waals surface area contributed by atoms with Gasteiger partial charge in [-0.3, -0.25) is 4.57 Å². The van der Waals surface area contributed by atoms with Crippen molar-refractivity contribution in [3.05, 3.63) is 22.7 Å². The molecule has 0 amide bonds. The van der Waals surface area contributed by atoms with Crippen LogP contribution in [0, 0.1) is 17.4 Å². The number of nitrogen functional groups attached to an aromatic ring is 1. The van der Waals surface area contributed by atoms with Gasteiger partial charge in [-0.1, -0.05) is 25.6 Å². The van der Waals surface area contributed by atoms with E-state index in [9.17, 15) is 15.0 Å². The molecule has 9 heteroatoms. The summed E-state index contributed by atoms with van der Waals surface area (Å²) in [5, 5.41) is 20.3. The highest BCUT2D eigenvalue weighted by Gasteiger charge is 2.54. The van der Waals surface area contributed by atoms with Gasteiger partial charge in [0.05, 0.1) is 18.4 Å². The highest BCUT2D eigenvalue weighted by molar-refractivity contribution is 6.83. The van der Waals surface area contributed by atoms with E-state index >= 15 is 0 Å². The highest BCUT2D eigenvalue weighted by atomic mass is 35.5. The molecule has 1 aliphatic rings. The summed E-state index contributed by atoms with van der Waals surface area (Å²) in [5.74, 6) is 2.27. The fourth-order valence-electron chi connectivity index (χ4n) is 2.45. The first kappa shape index (κ1) is 19.0. The van der Waals surface area contributed by atoms with Crippen LogP contribution in [0.3, 0.4) is 0 Å². The lowest BCUT2D eigenvalue weighted by molar-refractivity contribution is -0.114. The molecule has 1 aliphatic heterocycles. The molecule has 4 N–H and O–H groups in total. The molecular formula is C15H22ClN3O4Si. The minimum atomic E-state index is -1.72. The second-order valence-corrected chi connectivity index (χ2v) is 11.9. The number of aliphatic hydroxyl groups excluding tert-OH is 2. The molecule has 0 bridgehead atoms. The number of aromatic nitrogens is 2. The van der Waals surface area contributed by atoms with Crippen LogP contribution in [0.1, 0.15) is 6.23 Å². The summed E-state index contributed by atoms with van der Waals surface area (Å²) in [6.45, 7) is 5.70. The van der Waals surface area contributed by atoms with Gasteiger partial charge < -0.3 is 20.7 Å². The van der Waals surface area contributed by atoms with Gasteiger partial charge >= 0.3 is 5.69 Å². The summed E-state index contributed by atoms with van der Waals surface area (Å²) in [4.78, 5) is 15.8. The monoisotopic (exact) mass is 371 g/mol. The number of nitrogens with two attached hydrogens (primary N) is 1. The Morgan fingerprint density at radius 2 is 2.21 bits per heavy atom. The van der Waals surface area contributed by atoms with E-state index < -0.39 is 44.2 Å². The highest BCUT2D eigenvalue weighted by Crippen LogP contribution is 2.41. The number of hydrogen-bond acceptors (Lipinski definition) is 6. The van der Waals surface area contributed by atoms with Crippen molar-refractivity contribution in [1.82, 2.24) is 9.55 Å². The van der Waals surface area contributed by atoms with Crippen LogP contribution >= 0.6 is 11.6 Å². The largest absolute Gasteiger partial charge is 0.393 e. The van der Waals surface area contributed by atoms with E-state index in [1.807, 2.05) is 0 Å². The molecule has 1 fully saturated rings. The summed E-state index contributed by atoms with van der Waals surface area (Å²) >= 11 is 5.93. The minimum Gasteiger partial charge on any atom is -0.393 e. The molecule has 24 heavy (non-hydrogen) atoms. The standard InChI is InChI=1S/C15H22ClN3O4Si/c1-24(2,3)7-5-10-12(21)15(8-16,9-20)23-13(10)19-6-4-11(17)18-14(19)22/h4,6,10,12-13,20-21H,8-9H2,1-3H3,(H2,17,18,22)/t10-,12-,13+,15+/m0/s1. The fraction of sp³-hybridized carbons (Fsp3) is 0.600. The van der Waals surface area contributed by atoms with Crippen LogP contribution in [0.25, 0.3) is 0 Å². The quantitative estimate of drug-likeness (QED) is 0.397. The predicted octanol–water partition coefficient (Wildman–Crippen LogP) is 0.182. The molecule has 132 valence electrons.